The zero-order valence-electron chi connectivity index (χ0n) is 16.9. The highest BCUT2D eigenvalue weighted by molar-refractivity contribution is 5.93. The van der Waals surface area contributed by atoms with Gasteiger partial charge in [0, 0.05) is 18.8 Å². The Balaban J connectivity index is 1.53. The average molecular weight is 396 g/mol. The van der Waals surface area contributed by atoms with Crippen LogP contribution in [-0.2, 0) is 16.0 Å². The zero-order valence-corrected chi connectivity index (χ0v) is 16.9. The molecule has 0 spiro atoms. The van der Waals surface area contributed by atoms with Gasteiger partial charge in [-0.25, -0.2) is 0 Å². The highest BCUT2D eigenvalue weighted by Gasteiger charge is 2.28. The summed E-state index contributed by atoms with van der Waals surface area (Å²) in [5, 5.41) is 3.07. The van der Waals surface area contributed by atoms with Crippen LogP contribution in [0.5, 0.6) is 0 Å². The average Bonchev–Trinajstić information content (AvgIpc) is 2.76. The zero-order chi connectivity index (χ0) is 20.9. The Bertz CT molecular complexity index is 1090. The molecule has 0 radical (unpaired) electrons. The van der Waals surface area contributed by atoms with E-state index in [2.05, 4.69) is 17.4 Å². The summed E-state index contributed by atoms with van der Waals surface area (Å²) in [6.07, 6.45) is 4.62. The summed E-state index contributed by atoms with van der Waals surface area (Å²) in [5.41, 5.74) is 5.08. The van der Waals surface area contributed by atoms with Crippen LogP contribution >= 0.6 is 0 Å². The molecule has 2 amide bonds. The molecule has 4 heteroatoms. The number of amides is 2. The first kappa shape index (κ1) is 19.6. The number of carbonyl (C=O) groups excluding carboxylic acids is 2. The number of fused-ring (bicyclic) bond motifs is 1. The molecule has 1 heterocycles. The summed E-state index contributed by atoms with van der Waals surface area (Å²) in [5.74, 6) is -0.195. The number of nitrogens with zero attached hydrogens (tertiary/aromatic N) is 1. The molecule has 1 aliphatic rings. The Morgan fingerprint density at radius 1 is 0.900 bits per heavy atom. The third-order valence-electron chi connectivity index (χ3n) is 5.38. The van der Waals surface area contributed by atoms with Gasteiger partial charge in [0.2, 0.25) is 11.8 Å². The van der Waals surface area contributed by atoms with E-state index in [0.29, 0.717) is 0 Å². The first-order valence-corrected chi connectivity index (χ1v) is 10.1. The van der Waals surface area contributed by atoms with Gasteiger partial charge in [-0.3, -0.25) is 9.59 Å². The molecule has 1 aliphatic heterocycles. The van der Waals surface area contributed by atoms with Crippen molar-refractivity contribution in [3.05, 3.63) is 107 Å². The summed E-state index contributed by atoms with van der Waals surface area (Å²) in [6, 6.07) is 25.6. The van der Waals surface area contributed by atoms with Gasteiger partial charge in [0.1, 0.15) is 0 Å². The third-order valence-corrected chi connectivity index (χ3v) is 5.38. The monoisotopic (exact) mass is 396 g/mol. The van der Waals surface area contributed by atoms with Crippen molar-refractivity contribution in [1.82, 2.24) is 4.90 Å². The Morgan fingerprint density at radius 2 is 1.60 bits per heavy atom. The van der Waals surface area contributed by atoms with Gasteiger partial charge >= 0.3 is 0 Å². The summed E-state index contributed by atoms with van der Waals surface area (Å²) in [6.45, 7) is 1.53. The van der Waals surface area contributed by atoms with Gasteiger partial charge in [0.25, 0.3) is 0 Å². The molecule has 1 unspecified atom stereocenters. The van der Waals surface area contributed by atoms with E-state index in [1.54, 1.807) is 11.1 Å². The van der Waals surface area contributed by atoms with Crippen molar-refractivity contribution in [3.63, 3.8) is 0 Å². The smallest absolute Gasteiger partial charge is 0.226 e. The molecular formula is C26H24N2O2. The molecule has 1 atom stereocenters. The SMILES string of the molecule is CC(=O)N1C=Cc2ccccc2C1CC(=O)Nc1ccccc1Cc1ccccc1. The lowest BCUT2D eigenvalue weighted by Gasteiger charge is -2.32. The molecule has 150 valence electrons. The second-order valence-electron chi connectivity index (χ2n) is 7.46. The van der Waals surface area contributed by atoms with Crippen LogP contribution in [0, 0.1) is 0 Å². The van der Waals surface area contributed by atoms with Crippen molar-refractivity contribution in [1.29, 1.82) is 0 Å². The number of hydrogen-bond donors (Lipinski definition) is 1. The lowest BCUT2D eigenvalue weighted by molar-refractivity contribution is -0.129. The minimum absolute atomic E-state index is 0.0805. The first-order valence-electron chi connectivity index (χ1n) is 10.1. The van der Waals surface area contributed by atoms with E-state index < -0.39 is 0 Å². The van der Waals surface area contributed by atoms with E-state index in [1.807, 2.05) is 72.8 Å². The topological polar surface area (TPSA) is 49.4 Å². The number of rotatable bonds is 5. The maximum absolute atomic E-state index is 13.0. The molecule has 0 bridgehead atoms. The molecule has 1 N–H and O–H groups in total. The third kappa shape index (κ3) is 4.33. The predicted octanol–water partition coefficient (Wildman–Crippen LogP) is 5.18. The maximum atomic E-state index is 13.0. The molecule has 3 aromatic carbocycles. The maximum Gasteiger partial charge on any atom is 0.226 e. The Morgan fingerprint density at radius 3 is 2.40 bits per heavy atom. The molecule has 0 saturated carbocycles. The minimum Gasteiger partial charge on any atom is -0.326 e. The van der Waals surface area contributed by atoms with Gasteiger partial charge in [-0.2, -0.15) is 0 Å². The van der Waals surface area contributed by atoms with Gasteiger partial charge in [0.05, 0.1) is 12.5 Å². The summed E-state index contributed by atoms with van der Waals surface area (Å²) >= 11 is 0. The minimum atomic E-state index is -0.315. The van der Waals surface area contributed by atoms with Gasteiger partial charge in [0.15, 0.2) is 0 Å². The van der Waals surface area contributed by atoms with E-state index in [4.69, 9.17) is 0 Å². The van der Waals surface area contributed by atoms with Crippen molar-refractivity contribution < 1.29 is 9.59 Å². The van der Waals surface area contributed by atoms with Crippen LogP contribution in [0.2, 0.25) is 0 Å². The summed E-state index contributed by atoms with van der Waals surface area (Å²) < 4.78 is 0. The number of carbonyl (C=O) groups is 2. The molecular weight excluding hydrogens is 372 g/mol. The highest BCUT2D eigenvalue weighted by atomic mass is 16.2. The van der Waals surface area contributed by atoms with Crippen LogP contribution in [0.1, 0.15) is 41.6 Å². The van der Waals surface area contributed by atoms with Crippen LogP contribution < -0.4 is 5.32 Å². The highest BCUT2D eigenvalue weighted by Crippen LogP contribution is 2.33. The van der Waals surface area contributed by atoms with Crippen LogP contribution in [0.4, 0.5) is 5.69 Å². The number of anilines is 1. The van der Waals surface area contributed by atoms with Crippen molar-refractivity contribution in [3.8, 4) is 0 Å². The van der Waals surface area contributed by atoms with Crippen molar-refractivity contribution in [2.75, 3.05) is 5.32 Å². The molecule has 0 aliphatic carbocycles. The van der Waals surface area contributed by atoms with E-state index in [-0.39, 0.29) is 24.3 Å². The fourth-order valence-corrected chi connectivity index (χ4v) is 3.90. The van der Waals surface area contributed by atoms with E-state index in [0.717, 1.165) is 28.8 Å². The quantitative estimate of drug-likeness (QED) is 0.646. The largest absolute Gasteiger partial charge is 0.326 e. The fraction of sp³-hybridized carbons (Fsp3) is 0.154. The first-order chi connectivity index (χ1) is 14.6. The van der Waals surface area contributed by atoms with E-state index in [1.165, 1.54) is 12.5 Å². The molecule has 0 aromatic heterocycles. The molecule has 4 nitrogen and oxygen atoms in total. The van der Waals surface area contributed by atoms with Gasteiger partial charge in [-0.1, -0.05) is 72.8 Å². The summed E-state index contributed by atoms with van der Waals surface area (Å²) in [4.78, 5) is 26.8. The van der Waals surface area contributed by atoms with Gasteiger partial charge < -0.3 is 10.2 Å². The van der Waals surface area contributed by atoms with E-state index in [9.17, 15) is 9.59 Å². The van der Waals surface area contributed by atoms with Crippen LogP contribution in [0.3, 0.4) is 0 Å². The van der Waals surface area contributed by atoms with Crippen LogP contribution in [0.15, 0.2) is 85.1 Å². The Kier molecular flexibility index (Phi) is 5.75. The molecule has 0 fully saturated rings. The van der Waals surface area contributed by atoms with Crippen molar-refractivity contribution in [2.24, 2.45) is 0 Å². The lowest BCUT2D eigenvalue weighted by Crippen LogP contribution is -2.33. The lowest BCUT2D eigenvalue weighted by atomic mass is 9.93. The standard InChI is InChI=1S/C26H24N2O2/c1-19(29)28-16-15-21-11-5-7-13-23(21)25(28)18-26(30)27-24-14-8-6-12-22(24)17-20-9-3-2-4-10-20/h2-16,25H,17-18H2,1H3,(H,27,30). The van der Waals surface area contributed by atoms with E-state index >= 15 is 0 Å². The number of hydrogen-bond acceptors (Lipinski definition) is 2. The van der Waals surface area contributed by atoms with Crippen LogP contribution in [0.25, 0.3) is 6.08 Å². The molecule has 30 heavy (non-hydrogen) atoms. The van der Waals surface area contributed by atoms with Gasteiger partial charge in [-0.05, 0) is 40.8 Å². The normalized spacial score (nSPS) is 14.8. The number of benzene rings is 3. The molecule has 4 rings (SSSR count). The van der Waals surface area contributed by atoms with Gasteiger partial charge in [-0.15, -0.1) is 0 Å². The molecule has 0 saturated heterocycles. The second-order valence-corrected chi connectivity index (χ2v) is 7.46. The predicted molar refractivity (Wildman–Crippen MR) is 120 cm³/mol. The van der Waals surface area contributed by atoms with Crippen molar-refractivity contribution >= 4 is 23.6 Å². The second kappa shape index (κ2) is 8.78. The molecule has 3 aromatic rings. The Labute approximate surface area is 176 Å². The number of nitrogens with one attached hydrogen (secondary N) is 1. The number of para-hydroxylation sites is 1. The van der Waals surface area contributed by atoms with Crippen molar-refractivity contribution in [2.45, 2.75) is 25.8 Å². The summed E-state index contributed by atoms with van der Waals surface area (Å²) in [7, 11) is 0. The fourth-order valence-electron chi connectivity index (χ4n) is 3.90. The van der Waals surface area contributed by atoms with Crippen LogP contribution in [-0.4, -0.2) is 16.7 Å². The Hall–Kier alpha value is -3.66.